The van der Waals surface area contributed by atoms with Crippen LogP contribution in [0.5, 0.6) is 0 Å². The number of carbonyl (C=O) groups is 2. The SMILES string of the molecule is NCCCC(=O)N1CCN(C(=O)c2ccc(F)cc2F)CC1. The van der Waals surface area contributed by atoms with Crippen molar-refractivity contribution in [2.75, 3.05) is 32.7 Å². The number of halogens is 2. The lowest BCUT2D eigenvalue weighted by molar-refractivity contribution is -0.132. The molecule has 1 heterocycles. The summed E-state index contributed by atoms with van der Waals surface area (Å²) in [4.78, 5) is 27.2. The van der Waals surface area contributed by atoms with Gasteiger partial charge in [-0.3, -0.25) is 9.59 Å². The van der Waals surface area contributed by atoms with Crippen LogP contribution in [0.1, 0.15) is 23.2 Å². The van der Waals surface area contributed by atoms with E-state index in [9.17, 15) is 18.4 Å². The zero-order chi connectivity index (χ0) is 16.1. The van der Waals surface area contributed by atoms with Crippen LogP contribution in [0.15, 0.2) is 18.2 Å². The van der Waals surface area contributed by atoms with Gasteiger partial charge in [0.1, 0.15) is 11.6 Å². The summed E-state index contributed by atoms with van der Waals surface area (Å²) < 4.78 is 26.5. The van der Waals surface area contributed by atoms with Crippen molar-refractivity contribution in [1.29, 1.82) is 0 Å². The Bertz CT molecular complexity index is 558. The van der Waals surface area contributed by atoms with Crippen molar-refractivity contribution in [3.8, 4) is 0 Å². The van der Waals surface area contributed by atoms with Crippen LogP contribution in [0.4, 0.5) is 8.78 Å². The maximum atomic E-state index is 13.6. The van der Waals surface area contributed by atoms with Crippen LogP contribution in [0.25, 0.3) is 0 Å². The summed E-state index contributed by atoms with van der Waals surface area (Å²) in [6.45, 7) is 1.97. The molecule has 0 atom stereocenters. The van der Waals surface area contributed by atoms with Crippen molar-refractivity contribution in [3.63, 3.8) is 0 Å². The zero-order valence-electron chi connectivity index (χ0n) is 12.2. The standard InChI is InChI=1S/C15H19F2N3O2/c16-11-3-4-12(13(17)10-11)15(22)20-8-6-19(7-9-20)14(21)2-1-5-18/h3-4,10H,1-2,5-9,18H2. The van der Waals surface area contributed by atoms with Gasteiger partial charge in [-0.25, -0.2) is 8.78 Å². The number of benzene rings is 1. The highest BCUT2D eigenvalue weighted by Crippen LogP contribution is 2.14. The number of hydrogen-bond acceptors (Lipinski definition) is 3. The maximum Gasteiger partial charge on any atom is 0.256 e. The number of piperazine rings is 1. The minimum Gasteiger partial charge on any atom is -0.339 e. The van der Waals surface area contributed by atoms with E-state index in [2.05, 4.69) is 0 Å². The van der Waals surface area contributed by atoms with Crippen LogP contribution in [0.3, 0.4) is 0 Å². The topological polar surface area (TPSA) is 66.6 Å². The lowest BCUT2D eigenvalue weighted by atomic mass is 10.1. The van der Waals surface area contributed by atoms with Gasteiger partial charge in [0.15, 0.2) is 0 Å². The monoisotopic (exact) mass is 311 g/mol. The molecule has 120 valence electrons. The van der Waals surface area contributed by atoms with Crippen molar-refractivity contribution in [2.45, 2.75) is 12.8 Å². The van der Waals surface area contributed by atoms with E-state index >= 15 is 0 Å². The summed E-state index contributed by atoms with van der Waals surface area (Å²) in [6.07, 6.45) is 1.04. The summed E-state index contributed by atoms with van der Waals surface area (Å²) in [5.74, 6) is -2.05. The minimum atomic E-state index is -0.869. The lowest BCUT2D eigenvalue weighted by Crippen LogP contribution is -2.50. The summed E-state index contributed by atoms with van der Waals surface area (Å²) in [7, 11) is 0. The third-order valence-corrected chi connectivity index (χ3v) is 3.68. The molecule has 0 bridgehead atoms. The lowest BCUT2D eigenvalue weighted by Gasteiger charge is -2.35. The highest BCUT2D eigenvalue weighted by atomic mass is 19.1. The number of amides is 2. The maximum absolute atomic E-state index is 13.6. The number of rotatable bonds is 4. The van der Waals surface area contributed by atoms with Crippen molar-refractivity contribution in [2.24, 2.45) is 5.73 Å². The molecule has 1 aliphatic heterocycles. The number of nitrogens with two attached hydrogens (primary N) is 1. The molecule has 1 aromatic rings. The Morgan fingerprint density at radius 1 is 1.09 bits per heavy atom. The number of carbonyl (C=O) groups excluding carboxylic acids is 2. The summed E-state index contributed by atoms with van der Waals surface area (Å²) in [5, 5.41) is 0. The average molecular weight is 311 g/mol. The van der Waals surface area contributed by atoms with E-state index in [0.29, 0.717) is 51.6 Å². The third kappa shape index (κ3) is 3.79. The second kappa shape index (κ2) is 7.31. The van der Waals surface area contributed by atoms with Gasteiger partial charge >= 0.3 is 0 Å². The van der Waals surface area contributed by atoms with Gasteiger partial charge in [-0.15, -0.1) is 0 Å². The van der Waals surface area contributed by atoms with Gasteiger partial charge in [0.05, 0.1) is 5.56 Å². The molecule has 0 unspecified atom stereocenters. The fourth-order valence-corrected chi connectivity index (χ4v) is 2.40. The van der Waals surface area contributed by atoms with Gasteiger partial charge < -0.3 is 15.5 Å². The number of hydrogen-bond donors (Lipinski definition) is 1. The summed E-state index contributed by atoms with van der Waals surface area (Å²) >= 11 is 0. The van der Waals surface area contributed by atoms with Gasteiger partial charge in [-0.2, -0.15) is 0 Å². The molecule has 7 heteroatoms. The first kappa shape index (κ1) is 16.4. The summed E-state index contributed by atoms with van der Waals surface area (Å²) in [5.41, 5.74) is 5.22. The van der Waals surface area contributed by atoms with Gasteiger partial charge in [0.2, 0.25) is 5.91 Å². The average Bonchev–Trinajstić information content (AvgIpc) is 2.52. The molecule has 2 amide bonds. The fourth-order valence-electron chi connectivity index (χ4n) is 2.40. The molecule has 2 N–H and O–H groups in total. The molecule has 22 heavy (non-hydrogen) atoms. The van der Waals surface area contributed by atoms with E-state index in [1.54, 1.807) is 4.90 Å². The largest absolute Gasteiger partial charge is 0.339 e. The molecule has 2 rings (SSSR count). The first-order valence-electron chi connectivity index (χ1n) is 7.25. The van der Waals surface area contributed by atoms with Gasteiger partial charge in [-0.05, 0) is 25.1 Å². The highest BCUT2D eigenvalue weighted by molar-refractivity contribution is 5.94. The Hall–Kier alpha value is -2.02. The van der Waals surface area contributed by atoms with Crippen molar-refractivity contribution >= 4 is 11.8 Å². The van der Waals surface area contributed by atoms with Crippen LogP contribution in [-0.2, 0) is 4.79 Å². The zero-order valence-corrected chi connectivity index (χ0v) is 12.2. The van der Waals surface area contributed by atoms with Crippen LogP contribution in [0.2, 0.25) is 0 Å². The van der Waals surface area contributed by atoms with Crippen molar-refractivity contribution in [3.05, 3.63) is 35.4 Å². The molecule has 1 fully saturated rings. The molecule has 0 aromatic heterocycles. The van der Waals surface area contributed by atoms with Crippen LogP contribution in [-0.4, -0.2) is 54.3 Å². The van der Waals surface area contributed by atoms with E-state index in [1.165, 1.54) is 4.90 Å². The summed E-state index contributed by atoms with van der Waals surface area (Å²) in [6, 6.07) is 2.90. The molecule has 1 saturated heterocycles. The molecule has 0 radical (unpaired) electrons. The van der Waals surface area contributed by atoms with Crippen molar-refractivity contribution < 1.29 is 18.4 Å². The minimum absolute atomic E-state index is 0.0190. The van der Waals surface area contributed by atoms with E-state index < -0.39 is 17.5 Å². The molecule has 0 saturated carbocycles. The highest BCUT2D eigenvalue weighted by Gasteiger charge is 2.26. The van der Waals surface area contributed by atoms with E-state index in [1.807, 2.05) is 0 Å². The first-order chi connectivity index (χ1) is 10.5. The van der Waals surface area contributed by atoms with Gasteiger partial charge in [-0.1, -0.05) is 0 Å². The van der Waals surface area contributed by atoms with Gasteiger partial charge in [0, 0.05) is 38.7 Å². The second-order valence-corrected chi connectivity index (χ2v) is 5.19. The molecule has 5 nitrogen and oxygen atoms in total. The predicted octanol–water partition coefficient (Wildman–Crippen LogP) is 0.988. The second-order valence-electron chi connectivity index (χ2n) is 5.19. The Morgan fingerprint density at radius 2 is 1.73 bits per heavy atom. The quantitative estimate of drug-likeness (QED) is 0.902. The normalized spacial score (nSPS) is 15.0. The molecule has 1 aliphatic rings. The van der Waals surface area contributed by atoms with E-state index in [-0.39, 0.29) is 11.5 Å². The molecule has 1 aromatic carbocycles. The predicted molar refractivity (Wildman–Crippen MR) is 77.1 cm³/mol. The molecular formula is C15H19F2N3O2. The molecule has 0 spiro atoms. The Kier molecular flexibility index (Phi) is 5.43. The third-order valence-electron chi connectivity index (χ3n) is 3.68. The molecule has 0 aliphatic carbocycles. The Morgan fingerprint density at radius 3 is 2.32 bits per heavy atom. The Balaban J connectivity index is 1.93. The van der Waals surface area contributed by atoms with Gasteiger partial charge in [0.25, 0.3) is 5.91 Å². The van der Waals surface area contributed by atoms with E-state index in [0.717, 1.165) is 12.1 Å². The first-order valence-corrected chi connectivity index (χ1v) is 7.25. The number of nitrogens with zero attached hydrogens (tertiary/aromatic N) is 2. The molecular weight excluding hydrogens is 292 g/mol. The smallest absolute Gasteiger partial charge is 0.256 e. The Labute approximate surface area is 127 Å². The van der Waals surface area contributed by atoms with E-state index in [4.69, 9.17) is 5.73 Å². The van der Waals surface area contributed by atoms with Crippen LogP contribution in [0, 0.1) is 11.6 Å². The fraction of sp³-hybridized carbons (Fsp3) is 0.467. The van der Waals surface area contributed by atoms with Crippen LogP contribution < -0.4 is 5.73 Å². The van der Waals surface area contributed by atoms with Crippen molar-refractivity contribution in [1.82, 2.24) is 9.80 Å². The van der Waals surface area contributed by atoms with Crippen LogP contribution >= 0.6 is 0 Å².